The molecule has 0 saturated carbocycles. The summed E-state index contributed by atoms with van der Waals surface area (Å²) in [5, 5.41) is 6.89. The Balaban J connectivity index is 1.42. The van der Waals surface area contributed by atoms with Gasteiger partial charge in [0.15, 0.2) is 6.61 Å². The molecule has 0 aliphatic rings. The molecule has 0 bridgehead atoms. The lowest BCUT2D eigenvalue weighted by atomic mass is 10.2. The van der Waals surface area contributed by atoms with E-state index < -0.39 is 0 Å². The summed E-state index contributed by atoms with van der Waals surface area (Å²) < 4.78 is 16.3. The van der Waals surface area contributed by atoms with E-state index >= 15 is 0 Å². The molecule has 4 aromatic rings. The van der Waals surface area contributed by atoms with Gasteiger partial charge >= 0.3 is 0 Å². The minimum atomic E-state index is -0.219. The van der Waals surface area contributed by atoms with E-state index in [1.165, 1.54) is 0 Å². The third kappa shape index (κ3) is 5.08. The summed E-state index contributed by atoms with van der Waals surface area (Å²) in [6.07, 6.45) is 0. The number of nitrogens with zero attached hydrogens (tertiary/aromatic N) is 2. The first-order valence-corrected chi connectivity index (χ1v) is 9.74. The number of ether oxygens (including phenoxy) is 2. The van der Waals surface area contributed by atoms with Crippen molar-refractivity contribution in [2.45, 2.75) is 6.54 Å². The lowest BCUT2D eigenvalue weighted by molar-refractivity contribution is -0.123. The number of carbonyl (C=O) groups excluding carboxylic acids is 1. The van der Waals surface area contributed by atoms with Gasteiger partial charge in [0.25, 0.3) is 11.8 Å². The van der Waals surface area contributed by atoms with Crippen LogP contribution in [0.1, 0.15) is 5.56 Å². The molecule has 7 nitrogen and oxygen atoms in total. The molecule has 1 aromatic heterocycles. The third-order valence-electron chi connectivity index (χ3n) is 4.58. The Hall–Kier alpha value is -4.13. The average molecular weight is 415 g/mol. The molecule has 1 amide bonds. The molecule has 0 saturated heterocycles. The molecule has 156 valence electrons. The fraction of sp³-hybridized carbons (Fsp3) is 0.125. The Kier molecular flexibility index (Phi) is 6.23. The van der Waals surface area contributed by atoms with Gasteiger partial charge in [0.2, 0.25) is 5.82 Å². The SMILES string of the molecule is COc1ccc(-c2noc(-c3ccccc3OCC(=O)NCc3ccccc3)n2)cc1. The lowest BCUT2D eigenvalue weighted by Gasteiger charge is -2.09. The van der Waals surface area contributed by atoms with E-state index in [4.69, 9.17) is 14.0 Å². The predicted octanol–water partition coefficient (Wildman–Crippen LogP) is 4.11. The standard InChI is InChI=1S/C24H21N3O4/c1-29-19-13-11-18(12-14-19)23-26-24(31-27-23)20-9-5-6-10-21(20)30-16-22(28)25-15-17-7-3-2-4-8-17/h2-14H,15-16H2,1H3,(H,25,28). The van der Waals surface area contributed by atoms with Gasteiger partial charge in [-0.1, -0.05) is 47.6 Å². The fourth-order valence-electron chi connectivity index (χ4n) is 2.95. The zero-order valence-corrected chi connectivity index (χ0v) is 16.9. The summed E-state index contributed by atoms with van der Waals surface area (Å²) in [5.74, 6) is 1.78. The molecule has 31 heavy (non-hydrogen) atoms. The Bertz CT molecular complexity index is 1140. The van der Waals surface area contributed by atoms with E-state index in [2.05, 4.69) is 15.5 Å². The van der Waals surface area contributed by atoms with Crippen LogP contribution in [-0.2, 0) is 11.3 Å². The quantitative estimate of drug-likeness (QED) is 0.466. The highest BCUT2D eigenvalue weighted by Crippen LogP contribution is 2.30. The second-order valence-electron chi connectivity index (χ2n) is 6.70. The van der Waals surface area contributed by atoms with E-state index in [1.807, 2.05) is 72.8 Å². The van der Waals surface area contributed by atoms with E-state index in [0.717, 1.165) is 16.9 Å². The molecule has 3 aromatic carbocycles. The maximum atomic E-state index is 12.2. The predicted molar refractivity (Wildman–Crippen MR) is 116 cm³/mol. The van der Waals surface area contributed by atoms with Gasteiger partial charge < -0.3 is 19.3 Å². The molecular weight excluding hydrogens is 394 g/mol. The van der Waals surface area contributed by atoms with Crippen LogP contribution in [0.5, 0.6) is 11.5 Å². The highest BCUT2D eigenvalue weighted by molar-refractivity contribution is 5.78. The highest BCUT2D eigenvalue weighted by Gasteiger charge is 2.15. The number of rotatable bonds is 8. The van der Waals surface area contributed by atoms with Crippen LogP contribution in [0, 0.1) is 0 Å². The topological polar surface area (TPSA) is 86.5 Å². The van der Waals surface area contributed by atoms with E-state index in [9.17, 15) is 4.79 Å². The number of methoxy groups -OCH3 is 1. The van der Waals surface area contributed by atoms with Gasteiger partial charge in [0.05, 0.1) is 12.7 Å². The van der Waals surface area contributed by atoms with Crippen LogP contribution in [-0.4, -0.2) is 29.8 Å². The molecular formula is C24H21N3O4. The summed E-state index contributed by atoms with van der Waals surface area (Å²) in [7, 11) is 1.61. The van der Waals surface area contributed by atoms with Crippen molar-refractivity contribution in [2.75, 3.05) is 13.7 Å². The van der Waals surface area contributed by atoms with Crippen molar-refractivity contribution in [3.05, 3.63) is 84.4 Å². The number of carbonyl (C=O) groups is 1. The van der Waals surface area contributed by atoms with E-state index in [0.29, 0.717) is 29.6 Å². The normalized spacial score (nSPS) is 10.5. The highest BCUT2D eigenvalue weighted by atomic mass is 16.5. The van der Waals surface area contributed by atoms with Crippen LogP contribution in [0.25, 0.3) is 22.8 Å². The van der Waals surface area contributed by atoms with Crippen LogP contribution in [0.15, 0.2) is 83.4 Å². The summed E-state index contributed by atoms with van der Waals surface area (Å²) in [5.41, 5.74) is 2.44. The summed E-state index contributed by atoms with van der Waals surface area (Å²) in [6.45, 7) is 0.322. The molecule has 0 atom stereocenters. The Labute approximate surface area is 179 Å². The van der Waals surface area contributed by atoms with E-state index in [-0.39, 0.29) is 12.5 Å². The van der Waals surface area contributed by atoms with Crippen LogP contribution < -0.4 is 14.8 Å². The average Bonchev–Trinajstić information content (AvgIpc) is 3.32. The van der Waals surface area contributed by atoms with Crippen molar-refractivity contribution in [1.82, 2.24) is 15.5 Å². The van der Waals surface area contributed by atoms with Gasteiger partial charge in [-0.15, -0.1) is 0 Å². The Morgan fingerprint density at radius 2 is 1.71 bits per heavy atom. The minimum Gasteiger partial charge on any atom is -0.497 e. The summed E-state index contributed by atoms with van der Waals surface area (Å²) in [4.78, 5) is 16.7. The number of nitrogens with one attached hydrogen (secondary N) is 1. The Morgan fingerprint density at radius 1 is 0.968 bits per heavy atom. The minimum absolute atomic E-state index is 0.122. The molecule has 4 rings (SSSR count). The van der Waals surface area contributed by atoms with Gasteiger partial charge in [-0.3, -0.25) is 4.79 Å². The smallest absolute Gasteiger partial charge is 0.262 e. The van der Waals surface area contributed by atoms with E-state index in [1.54, 1.807) is 13.2 Å². The molecule has 0 aliphatic heterocycles. The maximum absolute atomic E-state index is 12.2. The van der Waals surface area contributed by atoms with Gasteiger partial charge in [0.1, 0.15) is 11.5 Å². The molecule has 0 aliphatic carbocycles. The summed E-state index contributed by atoms with van der Waals surface area (Å²) >= 11 is 0. The van der Waals surface area contributed by atoms with Gasteiger partial charge in [-0.25, -0.2) is 0 Å². The van der Waals surface area contributed by atoms with Crippen molar-refractivity contribution >= 4 is 5.91 Å². The molecule has 1 heterocycles. The van der Waals surface area contributed by atoms with Crippen LogP contribution in [0.3, 0.4) is 0 Å². The molecule has 0 fully saturated rings. The maximum Gasteiger partial charge on any atom is 0.262 e. The summed E-state index contributed by atoms with van der Waals surface area (Å²) in [6, 6.07) is 24.3. The van der Waals surface area contributed by atoms with Gasteiger partial charge in [0, 0.05) is 12.1 Å². The monoisotopic (exact) mass is 415 g/mol. The molecule has 1 N–H and O–H groups in total. The van der Waals surface area contributed by atoms with Gasteiger partial charge in [-0.05, 0) is 42.0 Å². The fourth-order valence-corrected chi connectivity index (χ4v) is 2.95. The van der Waals surface area contributed by atoms with Crippen molar-refractivity contribution < 1.29 is 18.8 Å². The third-order valence-corrected chi connectivity index (χ3v) is 4.58. The molecule has 0 spiro atoms. The number of benzene rings is 3. The van der Waals surface area contributed by atoms with Crippen LogP contribution in [0.4, 0.5) is 0 Å². The first-order chi connectivity index (χ1) is 15.2. The second-order valence-corrected chi connectivity index (χ2v) is 6.70. The Morgan fingerprint density at radius 3 is 2.48 bits per heavy atom. The molecule has 0 unspecified atom stereocenters. The van der Waals surface area contributed by atoms with Crippen LogP contribution in [0.2, 0.25) is 0 Å². The second kappa shape index (κ2) is 9.58. The number of amides is 1. The zero-order valence-electron chi connectivity index (χ0n) is 16.9. The number of para-hydroxylation sites is 1. The molecule has 0 radical (unpaired) electrons. The van der Waals surface area contributed by atoms with Crippen molar-refractivity contribution in [3.8, 4) is 34.3 Å². The van der Waals surface area contributed by atoms with Crippen molar-refractivity contribution in [3.63, 3.8) is 0 Å². The molecule has 7 heteroatoms. The first kappa shape index (κ1) is 20.2. The number of aromatic nitrogens is 2. The first-order valence-electron chi connectivity index (χ1n) is 9.74. The van der Waals surface area contributed by atoms with Crippen LogP contribution >= 0.6 is 0 Å². The zero-order chi connectivity index (χ0) is 21.5. The van der Waals surface area contributed by atoms with Gasteiger partial charge in [-0.2, -0.15) is 4.98 Å². The number of hydrogen-bond acceptors (Lipinski definition) is 6. The lowest BCUT2D eigenvalue weighted by Crippen LogP contribution is -2.28. The van der Waals surface area contributed by atoms with Crippen molar-refractivity contribution in [1.29, 1.82) is 0 Å². The van der Waals surface area contributed by atoms with Crippen molar-refractivity contribution in [2.24, 2.45) is 0 Å². The number of hydrogen-bond donors (Lipinski definition) is 1. The largest absolute Gasteiger partial charge is 0.497 e.